The number of amides is 1. The van der Waals surface area contributed by atoms with Crippen molar-refractivity contribution < 1.29 is 4.79 Å². The molecule has 4 nitrogen and oxygen atoms in total. The van der Waals surface area contributed by atoms with Crippen molar-refractivity contribution in [1.82, 2.24) is 10.2 Å². The molecule has 1 unspecified atom stereocenters. The number of nitrogens with two attached hydrogens (primary N) is 1. The third kappa shape index (κ3) is 3.60. The topological polar surface area (TPSA) is 58.4 Å². The van der Waals surface area contributed by atoms with Gasteiger partial charge in [-0.25, -0.2) is 0 Å². The Morgan fingerprint density at radius 3 is 3.10 bits per heavy atom. The fourth-order valence-electron chi connectivity index (χ4n) is 2.53. The first-order chi connectivity index (χ1) is 9.74. The Morgan fingerprint density at radius 2 is 2.35 bits per heavy atom. The second kappa shape index (κ2) is 7.09. The predicted octanol–water partition coefficient (Wildman–Crippen LogP) is 0.707. The standard InChI is InChI=1S/C16H21N3O/c1-2-15-16(20)18-9-10-19(15)12-14-6-3-5-13(11-14)7-4-8-17/h3,5-6,11,15H,2,8-10,12,17H2,1H3,(H,18,20). The third-order valence-electron chi connectivity index (χ3n) is 3.48. The molecule has 0 saturated carbocycles. The molecule has 0 aromatic heterocycles. The molecule has 1 heterocycles. The molecule has 2 rings (SSSR count). The first-order valence-corrected chi connectivity index (χ1v) is 7.04. The molecule has 1 aromatic carbocycles. The third-order valence-corrected chi connectivity index (χ3v) is 3.48. The molecule has 0 aliphatic carbocycles. The fourth-order valence-corrected chi connectivity index (χ4v) is 2.53. The van der Waals surface area contributed by atoms with Gasteiger partial charge in [-0.1, -0.05) is 30.9 Å². The van der Waals surface area contributed by atoms with Crippen molar-refractivity contribution in [3.05, 3.63) is 35.4 Å². The maximum atomic E-state index is 11.8. The Kier molecular flexibility index (Phi) is 5.16. The van der Waals surface area contributed by atoms with Crippen LogP contribution in [0.5, 0.6) is 0 Å². The van der Waals surface area contributed by atoms with Gasteiger partial charge >= 0.3 is 0 Å². The van der Waals surface area contributed by atoms with E-state index in [1.54, 1.807) is 0 Å². The number of carbonyl (C=O) groups is 1. The number of benzene rings is 1. The molecular weight excluding hydrogens is 250 g/mol. The minimum absolute atomic E-state index is 0.0254. The Bertz CT molecular complexity index is 530. The van der Waals surface area contributed by atoms with Gasteiger partial charge in [-0.05, 0) is 24.1 Å². The highest BCUT2D eigenvalue weighted by molar-refractivity contribution is 5.82. The Hall–Kier alpha value is -1.83. The molecule has 20 heavy (non-hydrogen) atoms. The Labute approximate surface area is 120 Å². The number of carbonyl (C=O) groups excluding carboxylic acids is 1. The van der Waals surface area contributed by atoms with Crippen LogP contribution in [0.1, 0.15) is 24.5 Å². The van der Waals surface area contributed by atoms with Gasteiger partial charge in [0.2, 0.25) is 5.91 Å². The number of hydrogen-bond donors (Lipinski definition) is 2. The highest BCUT2D eigenvalue weighted by Gasteiger charge is 2.27. The largest absolute Gasteiger partial charge is 0.353 e. The highest BCUT2D eigenvalue weighted by Crippen LogP contribution is 2.14. The lowest BCUT2D eigenvalue weighted by Gasteiger charge is -2.34. The van der Waals surface area contributed by atoms with Crippen LogP contribution in [0.4, 0.5) is 0 Å². The van der Waals surface area contributed by atoms with Crippen LogP contribution in [0.3, 0.4) is 0 Å². The lowest BCUT2D eigenvalue weighted by atomic mass is 10.1. The van der Waals surface area contributed by atoms with Gasteiger partial charge in [0, 0.05) is 25.2 Å². The zero-order valence-corrected chi connectivity index (χ0v) is 11.9. The number of hydrogen-bond acceptors (Lipinski definition) is 3. The summed E-state index contributed by atoms with van der Waals surface area (Å²) in [5.41, 5.74) is 7.55. The Morgan fingerprint density at radius 1 is 1.50 bits per heavy atom. The van der Waals surface area contributed by atoms with Crippen LogP contribution in [0.25, 0.3) is 0 Å². The van der Waals surface area contributed by atoms with E-state index in [9.17, 15) is 4.79 Å². The van der Waals surface area contributed by atoms with Crippen LogP contribution in [-0.2, 0) is 11.3 Å². The summed E-state index contributed by atoms with van der Waals surface area (Å²) < 4.78 is 0. The first-order valence-electron chi connectivity index (χ1n) is 7.04. The molecule has 106 valence electrons. The smallest absolute Gasteiger partial charge is 0.237 e. The predicted molar refractivity (Wildman–Crippen MR) is 79.9 cm³/mol. The molecule has 0 radical (unpaired) electrons. The second-order valence-corrected chi connectivity index (χ2v) is 4.89. The van der Waals surface area contributed by atoms with Gasteiger partial charge in [0.25, 0.3) is 0 Å². The first kappa shape index (κ1) is 14.6. The lowest BCUT2D eigenvalue weighted by Crippen LogP contribution is -2.54. The summed E-state index contributed by atoms with van der Waals surface area (Å²) in [6.07, 6.45) is 0.832. The van der Waals surface area contributed by atoms with E-state index in [1.807, 2.05) is 19.1 Å². The minimum atomic E-state index is -0.0254. The van der Waals surface area contributed by atoms with E-state index in [4.69, 9.17) is 5.73 Å². The maximum absolute atomic E-state index is 11.8. The summed E-state index contributed by atoms with van der Waals surface area (Å²) in [5.74, 6) is 6.04. The van der Waals surface area contributed by atoms with Crippen molar-refractivity contribution in [2.24, 2.45) is 5.73 Å². The van der Waals surface area contributed by atoms with Crippen molar-refractivity contribution in [1.29, 1.82) is 0 Å². The molecule has 1 aliphatic rings. The monoisotopic (exact) mass is 271 g/mol. The number of nitrogens with zero attached hydrogens (tertiary/aromatic N) is 1. The van der Waals surface area contributed by atoms with Gasteiger partial charge < -0.3 is 11.1 Å². The second-order valence-electron chi connectivity index (χ2n) is 4.89. The molecule has 3 N–H and O–H groups in total. The summed E-state index contributed by atoms with van der Waals surface area (Å²) in [7, 11) is 0. The molecule has 1 atom stereocenters. The van der Waals surface area contributed by atoms with E-state index in [2.05, 4.69) is 34.2 Å². The fraction of sp³-hybridized carbons (Fsp3) is 0.438. The van der Waals surface area contributed by atoms with Crippen molar-refractivity contribution in [2.75, 3.05) is 19.6 Å². The molecular formula is C16H21N3O. The van der Waals surface area contributed by atoms with Gasteiger partial charge in [-0.2, -0.15) is 0 Å². The van der Waals surface area contributed by atoms with E-state index in [1.165, 1.54) is 5.56 Å². The van der Waals surface area contributed by atoms with Gasteiger partial charge in [0.05, 0.1) is 12.6 Å². The van der Waals surface area contributed by atoms with Crippen molar-refractivity contribution in [2.45, 2.75) is 25.9 Å². The van der Waals surface area contributed by atoms with E-state index in [0.29, 0.717) is 6.54 Å². The summed E-state index contributed by atoms with van der Waals surface area (Å²) >= 11 is 0. The van der Waals surface area contributed by atoms with Gasteiger partial charge in [0.1, 0.15) is 0 Å². The van der Waals surface area contributed by atoms with Crippen molar-refractivity contribution in [3.8, 4) is 11.8 Å². The van der Waals surface area contributed by atoms with Crippen LogP contribution < -0.4 is 11.1 Å². The maximum Gasteiger partial charge on any atom is 0.237 e. The minimum Gasteiger partial charge on any atom is -0.353 e. The quantitative estimate of drug-likeness (QED) is 0.796. The van der Waals surface area contributed by atoms with E-state index in [0.717, 1.165) is 31.6 Å². The van der Waals surface area contributed by atoms with Crippen LogP contribution in [0.15, 0.2) is 24.3 Å². The normalized spacial score (nSPS) is 19.1. The van der Waals surface area contributed by atoms with Gasteiger partial charge in [-0.15, -0.1) is 0 Å². The van der Waals surface area contributed by atoms with E-state index < -0.39 is 0 Å². The molecule has 1 fully saturated rings. The van der Waals surface area contributed by atoms with Crippen molar-refractivity contribution >= 4 is 5.91 Å². The molecule has 1 amide bonds. The summed E-state index contributed by atoms with van der Waals surface area (Å²) in [6.45, 7) is 4.81. The average molecular weight is 271 g/mol. The zero-order valence-electron chi connectivity index (χ0n) is 11.9. The SMILES string of the molecule is CCC1C(=O)NCCN1Cc1cccc(C#CCN)c1. The average Bonchev–Trinajstić information content (AvgIpc) is 2.46. The molecule has 4 heteroatoms. The number of piperazine rings is 1. The number of nitrogens with one attached hydrogen (secondary N) is 1. The molecule has 1 aromatic rings. The lowest BCUT2D eigenvalue weighted by molar-refractivity contribution is -0.129. The Balaban J connectivity index is 2.10. The van der Waals surface area contributed by atoms with Crippen LogP contribution in [0.2, 0.25) is 0 Å². The van der Waals surface area contributed by atoms with Gasteiger partial charge in [0.15, 0.2) is 0 Å². The highest BCUT2D eigenvalue weighted by atomic mass is 16.2. The van der Waals surface area contributed by atoms with Crippen LogP contribution in [-0.4, -0.2) is 36.5 Å². The van der Waals surface area contributed by atoms with Crippen LogP contribution in [0, 0.1) is 11.8 Å². The summed E-state index contributed by atoms with van der Waals surface area (Å²) in [4.78, 5) is 14.1. The molecule has 1 saturated heterocycles. The summed E-state index contributed by atoms with van der Waals surface area (Å²) in [6, 6.07) is 8.10. The molecule has 1 aliphatic heterocycles. The molecule has 0 bridgehead atoms. The van der Waals surface area contributed by atoms with E-state index >= 15 is 0 Å². The van der Waals surface area contributed by atoms with Crippen LogP contribution >= 0.6 is 0 Å². The molecule has 0 spiro atoms. The van der Waals surface area contributed by atoms with Crippen molar-refractivity contribution in [3.63, 3.8) is 0 Å². The van der Waals surface area contributed by atoms with Gasteiger partial charge in [-0.3, -0.25) is 9.69 Å². The number of rotatable bonds is 3. The zero-order chi connectivity index (χ0) is 14.4. The summed E-state index contributed by atoms with van der Waals surface area (Å²) in [5, 5.41) is 2.92. The van der Waals surface area contributed by atoms with E-state index in [-0.39, 0.29) is 11.9 Å².